The van der Waals surface area contributed by atoms with Crippen molar-refractivity contribution in [2.75, 3.05) is 26.3 Å². The Kier molecular flexibility index (Phi) is 4.87. The summed E-state index contributed by atoms with van der Waals surface area (Å²) in [6.07, 6.45) is 2.03. The van der Waals surface area contributed by atoms with E-state index in [9.17, 15) is 4.79 Å². The fraction of sp³-hybridized carbons (Fsp3) is 0.450. The average Bonchev–Trinajstić information content (AvgIpc) is 3.17. The van der Waals surface area contributed by atoms with E-state index in [4.69, 9.17) is 15.2 Å². The highest BCUT2D eigenvalue weighted by molar-refractivity contribution is 7.17. The van der Waals surface area contributed by atoms with Gasteiger partial charge in [0.1, 0.15) is 13.2 Å². The van der Waals surface area contributed by atoms with Crippen LogP contribution in [0.1, 0.15) is 29.4 Å². The van der Waals surface area contributed by atoms with Gasteiger partial charge in [-0.25, -0.2) is 0 Å². The van der Waals surface area contributed by atoms with Gasteiger partial charge in [-0.3, -0.25) is 4.79 Å². The minimum Gasteiger partial charge on any atom is -0.486 e. The lowest BCUT2D eigenvalue weighted by Crippen LogP contribution is -2.49. The number of hydrogen-bond donors (Lipinski definition) is 1. The third kappa shape index (κ3) is 3.31. The van der Waals surface area contributed by atoms with Crippen LogP contribution < -0.4 is 15.2 Å². The Balaban J connectivity index is 1.55. The van der Waals surface area contributed by atoms with E-state index < -0.39 is 0 Å². The van der Waals surface area contributed by atoms with Gasteiger partial charge < -0.3 is 20.1 Å². The van der Waals surface area contributed by atoms with Gasteiger partial charge in [-0.2, -0.15) is 0 Å². The summed E-state index contributed by atoms with van der Waals surface area (Å²) in [5.74, 6) is 2.27. The molecule has 2 atom stereocenters. The van der Waals surface area contributed by atoms with Crippen LogP contribution in [0.3, 0.4) is 0 Å². The van der Waals surface area contributed by atoms with Gasteiger partial charge in [0.2, 0.25) is 0 Å². The molecule has 0 radical (unpaired) electrons. The highest BCUT2D eigenvalue weighted by atomic mass is 32.1. The number of likely N-dealkylation sites (tertiary alicyclic amines) is 1. The first-order chi connectivity index (χ1) is 12.7. The van der Waals surface area contributed by atoms with Gasteiger partial charge in [0, 0.05) is 24.0 Å². The van der Waals surface area contributed by atoms with E-state index in [-0.39, 0.29) is 11.9 Å². The molecule has 1 fully saturated rings. The number of piperidine rings is 1. The van der Waals surface area contributed by atoms with Crippen LogP contribution in [0, 0.1) is 5.92 Å². The molecule has 3 heterocycles. The topological polar surface area (TPSA) is 64.8 Å². The van der Waals surface area contributed by atoms with E-state index in [1.54, 1.807) is 0 Å². The summed E-state index contributed by atoms with van der Waals surface area (Å²) >= 11 is 1.52. The lowest BCUT2D eigenvalue weighted by molar-refractivity contribution is 0.0578. The summed E-state index contributed by atoms with van der Waals surface area (Å²) < 4.78 is 11.2. The van der Waals surface area contributed by atoms with Crippen molar-refractivity contribution in [1.29, 1.82) is 0 Å². The number of thiophene rings is 1. The second kappa shape index (κ2) is 7.29. The monoisotopic (exact) mass is 372 g/mol. The molecule has 0 spiro atoms. The largest absolute Gasteiger partial charge is 0.486 e. The van der Waals surface area contributed by atoms with E-state index in [0.29, 0.717) is 25.7 Å². The fourth-order valence-electron chi connectivity index (χ4n) is 3.69. The number of nitrogens with two attached hydrogens (primary N) is 1. The van der Waals surface area contributed by atoms with E-state index in [2.05, 4.69) is 6.92 Å². The molecule has 4 rings (SSSR count). The third-order valence-electron chi connectivity index (χ3n) is 5.15. The number of rotatable bonds is 3. The molecular weight excluding hydrogens is 348 g/mol. The highest BCUT2D eigenvalue weighted by Gasteiger charge is 2.30. The maximum atomic E-state index is 13.0. The second-order valence-electron chi connectivity index (χ2n) is 7.04. The van der Waals surface area contributed by atoms with Crippen LogP contribution in [0.5, 0.6) is 11.5 Å². The second-order valence-corrected chi connectivity index (χ2v) is 8.12. The van der Waals surface area contributed by atoms with Crippen LogP contribution in [0.4, 0.5) is 0 Å². The van der Waals surface area contributed by atoms with Crippen molar-refractivity contribution in [3.05, 3.63) is 35.2 Å². The van der Waals surface area contributed by atoms with Crippen molar-refractivity contribution in [2.45, 2.75) is 25.8 Å². The molecule has 6 heteroatoms. The number of fused-ring (bicyclic) bond motifs is 1. The van der Waals surface area contributed by atoms with Gasteiger partial charge in [-0.05, 0) is 54.7 Å². The zero-order valence-electron chi connectivity index (χ0n) is 14.9. The Morgan fingerprint density at radius 2 is 2.04 bits per heavy atom. The summed E-state index contributed by atoms with van der Waals surface area (Å²) in [5.41, 5.74) is 6.96. The molecule has 1 aromatic heterocycles. The molecule has 138 valence electrons. The van der Waals surface area contributed by atoms with Crippen LogP contribution in [-0.2, 0) is 0 Å². The lowest BCUT2D eigenvalue weighted by atomic mass is 9.92. The van der Waals surface area contributed by atoms with Crippen molar-refractivity contribution in [3.63, 3.8) is 0 Å². The SMILES string of the molecule is CC1CCN(C(=O)c2ccc(-c3ccc4c(c3)OCCO4)s2)C(CN)C1. The minimum absolute atomic E-state index is 0.0983. The van der Waals surface area contributed by atoms with Crippen molar-refractivity contribution >= 4 is 17.2 Å². The predicted molar refractivity (Wildman–Crippen MR) is 103 cm³/mol. The number of benzene rings is 1. The molecule has 1 aromatic carbocycles. The quantitative estimate of drug-likeness (QED) is 0.897. The summed E-state index contributed by atoms with van der Waals surface area (Å²) in [6, 6.07) is 10.0. The maximum absolute atomic E-state index is 13.0. The molecule has 2 aromatic rings. The fourth-order valence-corrected chi connectivity index (χ4v) is 4.65. The predicted octanol–water partition coefficient (Wildman–Crippen LogP) is 3.39. The first kappa shape index (κ1) is 17.4. The van der Waals surface area contributed by atoms with E-state index in [0.717, 1.165) is 46.2 Å². The molecule has 0 saturated carbocycles. The first-order valence-electron chi connectivity index (χ1n) is 9.16. The van der Waals surface area contributed by atoms with Crippen LogP contribution >= 0.6 is 11.3 Å². The van der Waals surface area contributed by atoms with E-state index in [1.807, 2.05) is 35.2 Å². The number of carbonyl (C=O) groups is 1. The molecule has 26 heavy (non-hydrogen) atoms. The van der Waals surface area contributed by atoms with Gasteiger partial charge in [-0.15, -0.1) is 11.3 Å². The van der Waals surface area contributed by atoms with Crippen molar-refractivity contribution in [2.24, 2.45) is 11.7 Å². The Morgan fingerprint density at radius 3 is 2.85 bits per heavy atom. The zero-order valence-corrected chi connectivity index (χ0v) is 15.8. The molecule has 0 aliphatic carbocycles. The molecule has 2 aliphatic rings. The normalized spacial score (nSPS) is 22.3. The third-order valence-corrected chi connectivity index (χ3v) is 6.28. The van der Waals surface area contributed by atoms with Crippen LogP contribution in [-0.4, -0.2) is 43.2 Å². The average molecular weight is 372 g/mol. The number of hydrogen-bond acceptors (Lipinski definition) is 5. The van der Waals surface area contributed by atoms with Gasteiger partial charge in [0.05, 0.1) is 4.88 Å². The van der Waals surface area contributed by atoms with Crippen LogP contribution in [0.15, 0.2) is 30.3 Å². The standard InChI is InChI=1S/C20H24N2O3S/c1-13-6-7-22(15(10-13)12-21)20(23)19-5-4-18(26-19)14-2-3-16-17(11-14)25-9-8-24-16/h2-5,11,13,15H,6-10,12,21H2,1H3. The Hall–Kier alpha value is -2.05. The maximum Gasteiger partial charge on any atom is 0.264 e. The number of ether oxygens (including phenoxy) is 2. The first-order valence-corrected chi connectivity index (χ1v) is 9.98. The molecule has 2 aliphatic heterocycles. The Labute approximate surface area is 157 Å². The van der Waals surface area contributed by atoms with Crippen LogP contribution in [0.2, 0.25) is 0 Å². The highest BCUT2D eigenvalue weighted by Crippen LogP contribution is 2.37. The number of amides is 1. The van der Waals surface area contributed by atoms with Gasteiger partial charge in [0.25, 0.3) is 5.91 Å². The Morgan fingerprint density at radius 1 is 1.23 bits per heavy atom. The zero-order chi connectivity index (χ0) is 18.1. The van der Waals surface area contributed by atoms with E-state index >= 15 is 0 Å². The van der Waals surface area contributed by atoms with E-state index in [1.165, 1.54) is 11.3 Å². The van der Waals surface area contributed by atoms with Gasteiger partial charge in [0.15, 0.2) is 11.5 Å². The smallest absolute Gasteiger partial charge is 0.264 e. The summed E-state index contributed by atoms with van der Waals surface area (Å²) in [5, 5.41) is 0. The molecule has 2 unspecified atom stereocenters. The van der Waals surface area contributed by atoms with Crippen molar-refractivity contribution in [1.82, 2.24) is 4.90 Å². The molecule has 2 N–H and O–H groups in total. The lowest BCUT2D eigenvalue weighted by Gasteiger charge is -2.37. The van der Waals surface area contributed by atoms with Gasteiger partial charge >= 0.3 is 0 Å². The molecule has 0 bridgehead atoms. The number of nitrogens with zero attached hydrogens (tertiary/aromatic N) is 1. The minimum atomic E-state index is 0.0983. The summed E-state index contributed by atoms with van der Waals surface area (Å²) in [4.78, 5) is 16.8. The molecule has 5 nitrogen and oxygen atoms in total. The Bertz CT molecular complexity index is 804. The molecule has 1 amide bonds. The molecular formula is C20H24N2O3S. The van der Waals surface area contributed by atoms with Crippen molar-refractivity contribution in [3.8, 4) is 21.9 Å². The summed E-state index contributed by atoms with van der Waals surface area (Å²) in [6.45, 7) is 4.70. The summed E-state index contributed by atoms with van der Waals surface area (Å²) in [7, 11) is 0. The molecule has 1 saturated heterocycles. The van der Waals surface area contributed by atoms with Gasteiger partial charge in [-0.1, -0.05) is 6.92 Å². The van der Waals surface area contributed by atoms with Crippen LogP contribution in [0.25, 0.3) is 10.4 Å². The number of carbonyl (C=O) groups excluding carboxylic acids is 1. The van der Waals surface area contributed by atoms with Crippen molar-refractivity contribution < 1.29 is 14.3 Å².